The van der Waals surface area contributed by atoms with Gasteiger partial charge in [-0.1, -0.05) is 54.4 Å². The first kappa shape index (κ1) is 22.0. The van der Waals surface area contributed by atoms with Gasteiger partial charge in [0.05, 0.1) is 29.0 Å². The second-order valence-electron chi connectivity index (χ2n) is 7.81. The van der Waals surface area contributed by atoms with Gasteiger partial charge in [-0.25, -0.2) is 9.79 Å². The molecule has 2 unspecified atom stereocenters. The van der Waals surface area contributed by atoms with Crippen LogP contribution in [-0.4, -0.2) is 24.3 Å². The minimum absolute atomic E-state index is 0.0879. The molecule has 0 radical (unpaired) electrons. The Labute approximate surface area is 190 Å². The average Bonchev–Trinajstić information content (AvgIpc) is 3.11. The second-order valence-corrected chi connectivity index (χ2v) is 8.82. The molecule has 0 saturated carbocycles. The number of rotatable bonds is 6. The molecule has 1 aromatic carbocycles. The van der Waals surface area contributed by atoms with E-state index in [1.165, 1.54) is 17.4 Å². The largest absolute Gasteiger partial charge is 0.497 e. The van der Waals surface area contributed by atoms with Crippen LogP contribution in [-0.2, 0) is 9.53 Å². The molecule has 1 aliphatic carbocycles. The summed E-state index contributed by atoms with van der Waals surface area (Å²) in [7, 11) is 1.60. The van der Waals surface area contributed by atoms with Crippen molar-refractivity contribution in [1.82, 2.24) is 4.57 Å². The van der Waals surface area contributed by atoms with Crippen LogP contribution in [0.2, 0.25) is 0 Å². The molecule has 2 atom stereocenters. The molecule has 0 N–H and O–H groups in total. The van der Waals surface area contributed by atoms with E-state index in [-0.39, 0.29) is 12.2 Å². The number of methoxy groups -OCH3 is 1. The highest BCUT2D eigenvalue weighted by atomic mass is 32.1. The van der Waals surface area contributed by atoms with Gasteiger partial charge in [0.25, 0.3) is 5.56 Å². The van der Waals surface area contributed by atoms with E-state index in [0.717, 1.165) is 24.8 Å². The zero-order chi connectivity index (χ0) is 22.7. The van der Waals surface area contributed by atoms with Gasteiger partial charge in [-0.2, -0.15) is 0 Å². The van der Waals surface area contributed by atoms with Crippen molar-refractivity contribution >= 4 is 23.4 Å². The Morgan fingerprint density at radius 1 is 1.31 bits per heavy atom. The van der Waals surface area contributed by atoms with Gasteiger partial charge in [-0.05, 0) is 49.8 Å². The molecular weight excluding hydrogens is 424 g/mol. The molecular formula is C25H26N2O4S. The highest BCUT2D eigenvalue weighted by molar-refractivity contribution is 7.07. The third-order valence-corrected chi connectivity index (χ3v) is 6.70. The minimum atomic E-state index is -0.622. The Morgan fingerprint density at radius 2 is 2.09 bits per heavy atom. The van der Waals surface area contributed by atoms with Gasteiger partial charge in [-0.3, -0.25) is 9.36 Å². The molecule has 0 fully saturated rings. The highest BCUT2D eigenvalue weighted by Gasteiger charge is 2.33. The second kappa shape index (κ2) is 9.53. The van der Waals surface area contributed by atoms with Crippen LogP contribution in [0.15, 0.2) is 70.1 Å². The maximum Gasteiger partial charge on any atom is 0.338 e. The van der Waals surface area contributed by atoms with Gasteiger partial charge in [0.1, 0.15) is 12.4 Å². The smallest absolute Gasteiger partial charge is 0.338 e. The number of benzene rings is 1. The van der Waals surface area contributed by atoms with E-state index in [2.05, 4.69) is 29.8 Å². The van der Waals surface area contributed by atoms with Crippen molar-refractivity contribution in [3.8, 4) is 5.75 Å². The first-order chi connectivity index (χ1) is 15.5. The SMILES string of the molecule is C=CCOC(=O)C1=C(C)N=c2s/c(=C\C3CC=CCC3)c(=O)n2C1c1ccc(OC)cc1. The van der Waals surface area contributed by atoms with Crippen LogP contribution in [0, 0.1) is 5.92 Å². The number of carbonyl (C=O) groups is 1. The molecule has 0 spiro atoms. The topological polar surface area (TPSA) is 69.9 Å². The molecule has 7 heteroatoms. The summed E-state index contributed by atoms with van der Waals surface area (Å²) in [5.74, 6) is 0.528. The number of thiazole rings is 1. The lowest BCUT2D eigenvalue weighted by Crippen LogP contribution is -2.40. The van der Waals surface area contributed by atoms with Gasteiger partial charge < -0.3 is 9.47 Å². The Morgan fingerprint density at radius 3 is 2.75 bits per heavy atom. The lowest BCUT2D eigenvalue weighted by molar-refractivity contribution is -0.138. The molecule has 1 aliphatic heterocycles. The monoisotopic (exact) mass is 450 g/mol. The van der Waals surface area contributed by atoms with Crippen molar-refractivity contribution < 1.29 is 14.3 Å². The zero-order valence-corrected chi connectivity index (χ0v) is 19.1. The van der Waals surface area contributed by atoms with Crippen molar-refractivity contribution in [3.05, 3.63) is 85.6 Å². The summed E-state index contributed by atoms with van der Waals surface area (Å²) < 4.78 is 12.9. The van der Waals surface area contributed by atoms with Crippen molar-refractivity contribution in [1.29, 1.82) is 0 Å². The first-order valence-corrected chi connectivity index (χ1v) is 11.4. The van der Waals surface area contributed by atoms with E-state index in [1.54, 1.807) is 18.6 Å². The average molecular weight is 451 g/mol. The zero-order valence-electron chi connectivity index (χ0n) is 18.2. The first-order valence-electron chi connectivity index (χ1n) is 10.6. The van der Waals surface area contributed by atoms with Gasteiger partial charge in [0.2, 0.25) is 0 Å². The molecule has 0 saturated heterocycles. The van der Waals surface area contributed by atoms with Crippen LogP contribution < -0.4 is 19.6 Å². The lowest BCUT2D eigenvalue weighted by Gasteiger charge is -2.24. The fraction of sp³-hybridized carbons (Fsp3) is 0.320. The summed E-state index contributed by atoms with van der Waals surface area (Å²) in [4.78, 5) is 31.7. The summed E-state index contributed by atoms with van der Waals surface area (Å²) in [6.07, 6.45) is 10.9. The summed E-state index contributed by atoms with van der Waals surface area (Å²) >= 11 is 1.37. The van der Waals surface area contributed by atoms with Crippen LogP contribution in [0.5, 0.6) is 5.75 Å². The fourth-order valence-corrected chi connectivity index (χ4v) is 5.21. The predicted octanol–water partition coefficient (Wildman–Crippen LogP) is 3.28. The van der Waals surface area contributed by atoms with E-state index in [0.29, 0.717) is 32.3 Å². The van der Waals surface area contributed by atoms with Crippen LogP contribution in [0.25, 0.3) is 6.08 Å². The van der Waals surface area contributed by atoms with Crippen molar-refractivity contribution in [3.63, 3.8) is 0 Å². The number of nitrogens with zero attached hydrogens (tertiary/aromatic N) is 2. The molecule has 0 amide bonds. The van der Waals surface area contributed by atoms with E-state index in [4.69, 9.17) is 9.47 Å². The van der Waals surface area contributed by atoms with Crippen molar-refractivity contribution in [2.24, 2.45) is 10.9 Å². The number of carbonyl (C=O) groups excluding carboxylic acids is 1. The minimum Gasteiger partial charge on any atom is -0.497 e. The van der Waals surface area contributed by atoms with Gasteiger partial charge >= 0.3 is 5.97 Å². The fourth-order valence-electron chi connectivity index (χ4n) is 4.09. The molecule has 2 aromatic rings. The van der Waals surface area contributed by atoms with Gasteiger partial charge in [0, 0.05) is 0 Å². The van der Waals surface area contributed by atoms with Gasteiger partial charge in [-0.15, -0.1) is 0 Å². The van der Waals surface area contributed by atoms with E-state index < -0.39 is 12.0 Å². The number of esters is 1. The Bertz CT molecular complexity index is 1260. The maximum absolute atomic E-state index is 13.5. The third-order valence-electron chi connectivity index (χ3n) is 5.70. The van der Waals surface area contributed by atoms with Gasteiger partial charge in [0.15, 0.2) is 4.80 Å². The number of hydrogen-bond acceptors (Lipinski definition) is 6. The molecule has 6 nitrogen and oxygen atoms in total. The summed E-state index contributed by atoms with van der Waals surface area (Å²) in [6, 6.07) is 6.75. The number of fused-ring (bicyclic) bond motifs is 1. The van der Waals surface area contributed by atoms with Crippen molar-refractivity contribution in [2.45, 2.75) is 32.2 Å². The number of allylic oxidation sites excluding steroid dienone is 3. The number of hydrogen-bond donors (Lipinski definition) is 0. The highest BCUT2D eigenvalue weighted by Crippen LogP contribution is 2.31. The summed E-state index contributed by atoms with van der Waals surface area (Å²) in [5, 5.41) is 0. The molecule has 0 bridgehead atoms. The maximum atomic E-state index is 13.5. The molecule has 166 valence electrons. The lowest BCUT2D eigenvalue weighted by atomic mass is 9.94. The molecule has 2 aliphatic rings. The Hall–Kier alpha value is -3.19. The van der Waals surface area contributed by atoms with Crippen LogP contribution in [0.3, 0.4) is 0 Å². The Kier molecular flexibility index (Phi) is 6.55. The summed E-state index contributed by atoms with van der Waals surface area (Å²) in [6.45, 7) is 5.48. The molecule has 4 rings (SSSR count). The van der Waals surface area contributed by atoms with E-state index >= 15 is 0 Å². The normalized spacial score (nSPS) is 20.5. The van der Waals surface area contributed by atoms with E-state index in [9.17, 15) is 9.59 Å². The van der Waals surface area contributed by atoms with E-state index in [1.807, 2.05) is 24.3 Å². The molecule has 32 heavy (non-hydrogen) atoms. The quantitative estimate of drug-likeness (QED) is 0.500. The van der Waals surface area contributed by atoms with Crippen LogP contribution >= 0.6 is 11.3 Å². The van der Waals surface area contributed by atoms with Crippen LogP contribution in [0.1, 0.15) is 37.8 Å². The number of ether oxygens (including phenoxy) is 2. The van der Waals surface area contributed by atoms with Crippen molar-refractivity contribution in [2.75, 3.05) is 13.7 Å². The third kappa shape index (κ3) is 4.25. The summed E-state index contributed by atoms with van der Waals surface area (Å²) in [5.41, 5.74) is 1.56. The number of aromatic nitrogens is 1. The molecule has 1 aromatic heterocycles. The predicted molar refractivity (Wildman–Crippen MR) is 125 cm³/mol. The Balaban J connectivity index is 1.87. The molecule has 2 heterocycles. The standard InChI is InChI=1S/C25H26N2O4S/c1-4-14-31-24(29)21-16(2)26-25-27(22(21)18-10-12-19(30-3)13-11-18)23(28)20(32-25)15-17-8-6-5-7-9-17/h4-6,10-13,15,17,22H,1,7-9,14H2,2-3H3/b20-15-. The van der Waals surface area contributed by atoms with Crippen LogP contribution in [0.4, 0.5) is 0 Å².